The van der Waals surface area contributed by atoms with Crippen LogP contribution in [-0.2, 0) is 9.53 Å². The first-order chi connectivity index (χ1) is 26.9. The number of methoxy groups -OCH3 is 2. The van der Waals surface area contributed by atoms with Crippen molar-refractivity contribution in [2.45, 2.75) is 45.3 Å². The Morgan fingerprint density at radius 3 is 1.62 bits per heavy atom. The van der Waals surface area contributed by atoms with Gasteiger partial charge in [-0.3, -0.25) is 4.79 Å². The van der Waals surface area contributed by atoms with E-state index in [1.807, 2.05) is 72.8 Å². The molecule has 6 rings (SSSR count). The lowest BCUT2D eigenvalue weighted by Gasteiger charge is -2.29. The van der Waals surface area contributed by atoms with Gasteiger partial charge in [-0.25, -0.2) is 14.8 Å². The minimum Gasteiger partial charge on any atom is -0.497 e. The first kappa shape index (κ1) is 40.4. The maximum absolute atomic E-state index is 14.1. The molecule has 0 unspecified atom stereocenters. The highest BCUT2D eigenvalue weighted by Crippen LogP contribution is 2.36. The number of amides is 2. The Kier molecular flexibility index (Phi) is 12.7. The molecule has 0 aliphatic rings. The molecular formula is C42H47Cl2N7O5. The maximum atomic E-state index is 14.1. The highest BCUT2D eigenvalue weighted by atomic mass is 35.5. The van der Waals surface area contributed by atoms with Crippen LogP contribution in [0, 0.1) is 0 Å². The lowest BCUT2D eigenvalue weighted by atomic mass is 10.1. The lowest BCUT2D eigenvalue weighted by Crippen LogP contribution is -2.53. The number of alkyl carbamates (subject to hydrolysis) is 1. The van der Waals surface area contributed by atoms with Gasteiger partial charge in [0, 0.05) is 64.3 Å². The molecule has 2 amide bonds. The predicted molar refractivity (Wildman–Crippen MR) is 227 cm³/mol. The summed E-state index contributed by atoms with van der Waals surface area (Å²) in [5.74, 6) is 1.13. The Morgan fingerprint density at radius 2 is 1.20 bits per heavy atom. The number of pyridine rings is 2. The molecule has 1 atom stereocenters. The summed E-state index contributed by atoms with van der Waals surface area (Å²) >= 11 is 12.7. The number of anilines is 2. The van der Waals surface area contributed by atoms with Crippen LogP contribution in [0.2, 0.25) is 10.0 Å². The fraction of sp³-hybridized carbons (Fsp3) is 0.333. The van der Waals surface area contributed by atoms with Gasteiger partial charge >= 0.3 is 6.09 Å². The van der Waals surface area contributed by atoms with E-state index in [4.69, 9.17) is 53.1 Å². The monoisotopic (exact) mass is 799 g/mol. The molecule has 6 aromatic rings. The second kappa shape index (κ2) is 17.7. The van der Waals surface area contributed by atoms with Crippen LogP contribution in [0.3, 0.4) is 0 Å². The molecule has 0 aliphatic heterocycles. The van der Waals surface area contributed by atoms with Crippen LogP contribution in [0.1, 0.15) is 33.6 Å². The molecule has 0 fully saturated rings. The van der Waals surface area contributed by atoms with Crippen molar-refractivity contribution >= 4 is 90.2 Å². The number of nitrogens with zero attached hydrogens (tertiary/aromatic N) is 3. The smallest absolute Gasteiger partial charge is 0.408 e. The number of nitrogens with two attached hydrogens (primary N) is 1. The summed E-state index contributed by atoms with van der Waals surface area (Å²) in [6.07, 6.45) is 0.473. The van der Waals surface area contributed by atoms with Crippen LogP contribution < -0.4 is 31.2 Å². The molecule has 2 heterocycles. The summed E-state index contributed by atoms with van der Waals surface area (Å²) in [5.41, 5.74) is 10.2. The average Bonchev–Trinajstić information content (AvgIpc) is 3.16. The van der Waals surface area contributed by atoms with Crippen molar-refractivity contribution in [3.05, 3.63) is 82.8 Å². The Labute approximate surface area is 336 Å². The minimum absolute atomic E-state index is 0.0934. The van der Waals surface area contributed by atoms with Crippen molar-refractivity contribution in [1.82, 2.24) is 20.2 Å². The number of aromatic nitrogens is 2. The molecule has 0 saturated heterocycles. The van der Waals surface area contributed by atoms with Crippen LogP contribution in [0.5, 0.6) is 11.5 Å². The third kappa shape index (κ3) is 9.55. The van der Waals surface area contributed by atoms with Crippen molar-refractivity contribution in [3.8, 4) is 11.5 Å². The minimum atomic E-state index is -0.971. The van der Waals surface area contributed by atoms with E-state index in [-0.39, 0.29) is 12.5 Å². The highest BCUT2D eigenvalue weighted by molar-refractivity contribution is 6.32. The van der Waals surface area contributed by atoms with Crippen molar-refractivity contribution in [1.29, 1.82) is 0 Å². The van der Waals surface area contributed by atoms with Crippen LogP contribution in [0.4, 0.5) is 16.2 Å². The van der Waals surface area contributed by atoms with E-state index >= 15 is 0 Å². The van der Waals surface area contributed by atoms with E-state index < -0.39 is 17.7 Å². The van der Waals surface area contributed by atoms with Gasteiger partial charge in [0.2, 0.25) is 5.91 Å². The number of benzene rings is 4. The largest absolute Gasteiger partial charge is 0.497 e. The standard InChI is InChI=1S/C42H47Cl2N7O5/c1-42(2,3)56-41(53)50-37(24-45)40(52)51(18-6-16-46-38-29-12-8-25(43)20-35(29)48-33-14-10-27(54-4)22-31(33)38)19-7-17-47-39-30-13-9-26(44)21-36(30)49-34-15-11-28(55-5)23-32(34)39/h8-15,20-23,37H,6-7,16-19,24,45H2,1-5H3,(H,46,48)(H,47,49)(H,50,53)/t37-/m0/s1. The van der Waals surface area contributed by atoms with Crippen molar-refractivity contribution < 1.29 is 23.8 Å². The quantitative estimate of drug-likeness (QED) is 0.0589. The first-order valence-electron chi connectivity index (χ1n) is 18.5. The second-order valence-corrected chi connectivity index (χ2v) is 15.3. The van der Waals surface area contributed by atoms with E-state index in [2.05, 4.69) is 16.0 Å². The van der Waals surface area contributed by atoms with Gasteiger partial charge in [0.05, 0.1) is 47.7 Å². The summed E-state index contributed by atoms with van der Waals surface area (Å²) in [4.78, 5) is 38.2. The molecule has 56 heavy (non-hydrogen) atoms. The van der Waals surface area contributed by atoms with Crippen LogP contribution in [-0.4, -0.2) is 85.5 Å². The summed E-state index contributed by atoms with van der Waals surface area (Å²) < 4.78 is 16.5. The van der Waals surface area contributed by atoms with Crippen LogP contribution in [0.25, 0.3) is 43.6 Å². The normalized spacial score (nSPS) is 12.1. The third-order valence-corrected chi connectivity index (χ3v) is 9.71. The number of fused-ring (bicyclic) bond motifs is 4. The maximum Gasteiger partial charge on any atom is 0.408 e. The number of carbonyl (C=O) groups is 2. The lowest BCUT2D eigenvalue weighted by molar-refractivity contribution is -0.133. The number of rotatable bonds is 15. The summed E-state index contributed by atoms with van der Waals surface area (Å²) in [7, 11) is 3.26. The average molecular weight is 801 g/mol. The summed E-state index contributed by atoms with van der Waals surface area (Å²) in [6.45, 7) is 7.04. The van der Waals surface area contributed by atoms with Gasteiger partial charge in [-0.1, -0.05) is 23.2 Å². The molecule has 0 spiro atoms. The van der Waals surface area contributed by atoms with Gasteiger partial charge in [-0.15, -0.1) is 0 Å². The molecular weight excluding hydrogens is 753 g/mol. The van der Waals surface area contributed by atoms with Crippen molar-refractivity contribution in [2.75, 3.05) is 57.6 Å². The molecule has 294 valence electrons. The zero-order valence-electron chi connectivity index (χ0n) is 32.2. The predicted octanol–water partition coefficient (Wildman–Crippen LogP) is 8.40. The number of carbonyl (C=O) groups excluding carboxylic acids is 2. The topological polar surface area (TPSA) is 153 Å². The highest BCUT2D eigenvalue weighted by Gasteiger charge is 2.27. The van der Waals surface area contributed by atoms with Crippen LogP contribution in [0.15, 0.2) is 72.8 Å². The van der Waals surface area contributed by atoms with E-state index in [0.717, 1.165) is 55.0 Å². The Bertz CT molecular complexity index is 2250. The molecule has 14 heteroatoms. The van der Waals surface area contributed by atoms with Gasteiger partial charge in [-0.2, -0.15) is 0 Å². The van der Waals surface area contributed by atoms with E-state index in [1.54, 1.807) is 39.9 Å². The Morgan fingerprint density at radius 1 is 0.714 bits per heavy atom. The van der Waals surface area contributed by atoms with Crippen molar-refractivity contribution in [2.24, 2.45) is 5.73 Å². The van der Waals surface area contributed by atoms with Gasteiger partial charge in [0.25, 0.3) is 0 Å². The zero-order chi connectivity index (χ0) is 40.0. The molecule has 0 bridgehead atoms. The fourth-order valence-electron chi connectivity index (χ4n) is 6.62. The fourth-order valence-corrected chi connectivity index (χ4v) is 6.95. The van der Waals surface area contributed by atoms with Crippen LogP contribution >= 0.6 is 23.2 Å². The van der Waals surface area contributed by atoms with Gasteiger partial charge in [0.15, 0.2) is 0 Å². The summed E-state index contributed by atoms with van der Waals surface area (Å²) in [6, 6.07) is 21.8. The van der Waals surface area contributed by atoms with Gasteiger partial charge in [0.1, 0.15) is 23.1 Å². The van der Waals surface area contributed by atoms with E-state index in [1.165, 1.54) is 0 Å². The number of ether oxygens (including phenoxy) is 3. The molecule has 2 aromatic heterocycles. The molecule has 5 N–H and O–H groups in total. The summed E-state index contributed by atoms with van der Waals surface area (Å²) in [5, 5.41) is 14.7. The van der Waals surface area contributed by atoms with E-state index in [0.29, 0.717) is 60.6 Å². The van der Waals surface area contributed by atoms with Crippen molar-refractivity contribution in [3.63, 3.8) is 0 Å². The SMILES string of the molecule is COc1ccc2nc3cc(Cl)ccc3c(NCCCN(CCCNc3c4ccc(Cl)cc4nc4ccc(OC)cc34)C(=O)[C@H](CN)NC(=O)OC(C)(C)C)c2c1. The Hall–Kier alpha value is -5.30. The number of hydrogen-bond acceptors (Lipinski definition) is 10. The second-order valence-electron chi connectivity index (χ2n) is 14.4. The zero-order valence-corrected chi connectivity index (χ0v) is 33.7. The number of hydrogen-bond donors (Lipinski definition) is 4. The molecule has 0 saturated carbocycles. The third-order valence-electron chi connectivity index (χ3n) is 9.24. The molecule has 0 radical (unpaired) electrons. The number of halogens is 2. The Balaban J connectivity index is 1.21. The van der Waals surface area contributed by atoms with E-state index in [9.17, 15) is 9.59 Å². The van der Waals surface area contributed by atoms with Gasteiger partial charge in [-0.05, 0) is 106 Å². The molecule has 4 aromatic carbocycles. The molecule has 12 nitrogen and oxygen atoms in total. The first-order valence-corrected chi connectivity index (χ1v) is 19.2. The molecule has 0 aliphatic carbocycles. The van der Waals surface area contributed by atoms with Gasteiger partial charge < -0.3 is 40.8 Å². The number of nitrogens with one attached hydrogen (secondary N) is 3.